The molecule has 0 aromatic heterocycles. The van der Waals surface area contributed by atoms with Gasteiger partial charge in [-0.3, -0.25) is 14.5 Å². The molecule has 3 rings (SSSR count). The van der Waals surface area contributed by atoms with Gasteiger partial charge in [0.25, 0.3) is 11.8 Å². The van der Waals surface area contributed by atoms with Gasteiger partial charge in [0.15, 0.2) is 0 Å². The largest absolute Gasteiger partial charge is 0.494 e. The second-order valence-electron chi connectivity index (χ2n) is 8.52. The third-order valence-corrected chi connectivity index (χ3v) is 5.41. The van der Waals surface area contributed by atoms with Gasteiger partial charge in [-0.05, 0) is 56.2 Å². The first kappa shape index (κ1) is 20.4. The zero-order chi connectivity index (χ0) is 20.4. The monoisotopic (exact) mass is 384 g/mol. The zero-order valence-electron chi connectivity index (χ0n) is 17.7. The van der Waals surface area contributed by atoms with Crippen LogP contribution < -0.4 is 4.74 Å². The van der Waals surface area contributed by atoms with Crippen LogP contribution in [0.1, 0.15) is 53.0 Å². The summed E-state index contributed by atoms with van der Waals surface area (Å²) in [4.78, 5) is 30.0. The van der Waals surface area contributed by atoms with Crippen LogP contribution in [0.4, 0.5) is 0 Å². The number of ether oxygens (including phenoxy) is 1. The highest BCUT2D eigenvalue weighted by Crippen LogP contribution is 2.36. The second-order valence-corrected chi connectivity index (χ2v) is 8.52. The van der Waals surface area contributed by atoms with E-state index in [1.165, 1.54) is 4.90 Å². The fraction of sp³-hybridized carbons (Fsp3) is 0.565. The number of piperidine rings is 1. The molecular weight excluding hydrogens is 352 g/mol. The van der Waals surface area contributed by atoms with Crippen LogP contribution in [-0.4, -0.2) is 47.4 Å². The first-order chi connectivity index (χ1) is 13.3. The number of hydrogen-bond acceptors (Lipinski definition) is 4. The van der Waals surface area contributed by atoms with Gasteiger partial charge in [0.1, 0.15) is 11.4 Å². The Morgan fingerprint density at radius 2 is 1.64 bits per heavy atom. The van der Waals surface area contributed by atoms with E-state index in [-0.39, 0.29) is 17.9 Å². The Labute approximate surface area is 168 Å². The molecule has 2 amide bonds. The van der Waals surface area contributed by atoms with E-state index < -0.39 is 0 Å². The van der Waals surface area contributed by atoms with Gasteiger partial charge in [-0.1, -0.05) is 32.9 Å². The van der Waals surface area contributed by atoms with E-state index in [0.717, 1.165) is 37.2 Å². The normalized spacial score (nSPS) is 23.2. The van der Waals surface area contributed by atoms with Gasteiger partial charge in [-0.15, -0.1) is 0 Å². The molecule has 0 saturated carbocycles. The van der Waals surface area contributed by atoms with Crippen molar-refractivity contribution < 1.29 is 14.3 Å². The molecule has 0 N–H and O–H groups in total. The number of hydrogen-bond donors (Lipinski definition) is 0. The quantitative estimate of drug-likeness (QED) is 0.697. The Morgan fingerprint density at radius 3 is 2.18 bits per heavy atom. The summed E-state index contributed by atoms with van der Waals surface area (Å²) in [5.41, 5.74) is 1.88. The van der Waals surface area contributed by atoms with E-state index >= 15 is 0 Å². The Bertz CT molecular complexity index is 757. The third kappa shape index (κ3) is 3.94. The second kappa shape index (κ2) is 8.38. The molecule has 5 nitrogen and oxygen atoms in total. The molecule has 152 valence electrons. The Hall–Kier alpha value is -2.30. The highest BCUT2D eigenvalue weighted by atomic mass is 16.5. The lowest BCUT2D eigenvalue weighted by Gasteiger charge is -2.37. The topological polar surface area (TPSA) is 49.9 Å². The highest BCUT2D eigenvalue weighted by Gasteiger charge is 2.43. The van der Waals surface area contributed by atoms with Crippen molar-refractivity contribution in [3.05, 3.63) is 35.5 Å². The molecule has 2 aliphatic rings. The Kier molecular flexibility index (Phi) is 6.11. The van der Waals surface area contributed by atoms with Gasteiger partial charge in [-0.2, -0.15) is 0 Å². The molecule has 2 atom stereocenters. The van der Waals surface area contributed by atoms with Crippen molar-refractivity contribution in [2.45, 2.75) is 53.5 Å². The van der Waals surface area contributed by atoms with E-state index in [9.17, 15) is 9.59 Å². The minimum absolute atomic E-state index is 0.164. The minimum atomic E-state index is -0.192. The highest BCUT2D eigenvalue weighted by molar-refractivity contribution is 6.35. The zero-order valence-corrected chi connectivity index (χ0v) is 17.7. The predicted molar refractivity (Wildman–Crippen MR) is 111 cm³/mol. The molecule has 2 unspecified atom stereocenters. The van der Waals surface area contributed by atoms with Crippen LogP contribution in [0, 0.1) is 11.8 Å². The van der Waals surface area contributed by atoms with Crippen molar-refractivity contribution in [1.29, 1.82) is 0 Å². The van der Waals surface area contributed by atoms with Crippen molar-refractivity contribution in [3.63, 3.8) is 0 Å². The number of rotatable bonds is 6. The summed E-state index contributed by atoms with van der Waals surface area (Å²) < 4.78 is 5.66. The molecule has 1 saturated heterocycles. The van der Waals surface area contributed by atoms with Crippen molar-refractivity contribution in [3.8, 4) is 5.75 Å². The SMILES string of the molecule is CCCOc1ccc(C2=C(N3CC(C)CC(C)C3)C(=O)N(C(C)C)C2=O)cc1. The summed E-state index contributed by atoms with van der Waals surface area (Å²) >= 11 is 0. The fourth-order valence-electron chi connectivity index (χ4n) is 4.34. The van der Waals surface area contributed by atoms with Crippen LogP contribution in [0.5, 0.6) is 5.75 Å². The van der Waals surface area contributed by atoms with Gasteiger partial charge in [0, 0.05) is 19.1 Å². The first-order valence-corrected chi connectivity index (χ1v) is 10.4. The number of carbonyl (C=O) groups is 2. The number of carbonyl (C=O) groups excluding carboxylic acids is 2. The predicted octanol–water partition coefficient (Wildman–Crippen LogP) is 3.94. The molecule has 0 spiro atoms. The van der Waals surface area contributed by atoms with Crippen molar-refractivity contribution in [2.24, 2.45) is 11.8 Å². The fourth-order valence-corrected chi connectivity index (χ4v) is 4.34. The van der Waals surface area contributed by atoms with Crippen LogP contribution >= 0.6 is 0 Å². The van der Waals surface area contributed by atoms with Crippen LogP contribution in [-0.2, 0) is 9.59 Å². The molecule has 1 aromatic carbocycles. The summed E-state index contributed by atoms with van der Waals surface area (Å²) in [6.07, 6.45) is 2.09. The van der Waals surface area contributed by atoms with Crippen LogP contribution in [0.15, 0.2) is 30.0 Å². The molecule has 0 aliphatic carbocycles. The Morgan fingerprint density at radius 1 is 1.04 bits per heavy atom. The molecule has 1 aromatic rings. The molecule has 0 bridgehead atoms. The van der Waals surface area contributed by atoms with Gasteiger partial charge in [-0.25, -0.2) is 0 Å². The standard InChI is InChI=1S/C23H32N2O3/c1-6-11-28-19-9-7-18(8-10-19)20-21(23(27)25(15(2)3)22(20)26)24-13-16(4)12-17(5)14-24/h7-10,15-17H,6,11-14H2,1-5H3. The maximum Gasteiger partial charge on any atom is 0.278 e. The van der Waals surface area contributed by atoms with Gasteiger partial charge < -0.3 is 9.64 Å². The molecule has 5 heteroatoms. The van der Waals surface area contributed by atoms with Crippen molar-refractivity contribution in [1.82, 2.24) is 9.80 Å². The average molecular weight is 385 g/mol. The van der Waals surface area contributed by atoms with Crippen molar-refractivity contribution in [2.75, 3.05) is 19.7 Å². The van der Waals surface area contributed by atoms with E-state index in [1.807, 2.05) is 38.1 Å². The average Bonchev–Trinajstić information content (AvgIpc) is 2.90. The summed E-state index contributed by atoms with van der Waals surface area (Å²) in [5.74, 6) is 1.42. The molecule has 0 radical (unpaired) electrons. The molecule has 1 fully saturated rings. The van der Waals surface area contributed by atoms with Gasteiger partial charge in [0.05, 0.1) is 12.2 Å². The minimum Gasteiger partial charge on any atom is -0.494 e. The molecule has 2 heterocycles. The van der Waals surface area contributed by atoms with Gasteiger partial charge >= 0.3 is 0 Å². The first-order valence-electron chi connectivity index (χ1n) is 10.4. The van der Waals surface area contributed by atoms with Crippen LogP contribution in [0.3, 0.4) is 0 Å². The summed E-state index contributed by atoms with van der Waals surface area (Å²) in [5, 5.41) is 0. The number of imide groups is 1. The molecule has 28 heavy (non-hydrogen) atoms. The van der Waals surface area contributed by atoms with E-state index in [0.29, 0.717) is 29.7 Å². The van der Waals surface area contributed by atoms with Crippen molar-refractivity contribution >= 4 is 17.4 Å². The molecular formula is C23H32N2O3. The summed E-state index contributed by atoms with van der Waals surface area (Å²) in [6.45, 7) is 12.6. The number of amides is 2. The smallest absolute Gasteiger partial charge is 0.278 e. The Balaban J connectivity index is 2.02. The lowest BCUT2D eigenvalue weighted by atomic mass is 9.91. The number of nitrogens with zero attached hydrogens (tertiary/aromatic N) is 2. The van der Waals surface area contributed by atoms with Crippen LogP contribution in [0.2, 0.25) is 0 Å². The maximum atomic E-state index is 13.2. The molecule has 2 aliphatic heterocycles. The third-order valence-electron chi connectivity index (χ3n) is 5.41. The van der Waals surface area contributed by atoms with E-state index in [2.05, 4.69) is 25.7 Å². The van der Waals surface area contributed by atoms with E-state index in [1.54, 1.807) is 0 Å². The summed E-state index contributed by atoms with van der Waals surface area (Å²) in [7, 11) is 0. The lowest BCUT2D eigenvalue weighted by Crippen LogP contribution is -2.43. The number of likely N-dealkylation sites (tertiary alicyclic amines) is 1. The summed E-state index contributed by atoms with van der Waals surface area (Å²) in [6, 6.07) is 7.39. The van der Waals surface area contributed by atoms with Gasteiger partial charge in [0.2, 0.25) is 0 Å². The maximum absolute atomic E-state index is 13.2. The van der Waals surface area contributed by atoms with E-state index in [4.69, 9.17) is 4.74 Å². The lowest BCUT2D eigenvalue weighted by molar-refractivity contribution is -0.139. The van der Waals surface area contributed by atoms with Crippen LogP contribution in [0.25, 0.3) is 5.57 Å². The number of benzene rings is 1.